The molecule has 2 atom stereocenters. The van der Waals surface area contributed by atoms with Crippen molar-refractivity contribution in [1.29, 1.82) is 0 Å². The van der Waals surface area contributed by atoms with Crippen LogP contribution in [0.2, 0.25) is 0 Å². The highest BCUT2D eigenvalue weighted by molar-refractivity contribution is 9.09. The fraction of sp³-hybridized carbons (Fsp3) is 0.583. The molecular weight excluding hydrogens is 287 g/mol. The van der Waals surface area contributed by atoms with Gasteiger partial charge in [0.25, 0.3) is 0 Å². The maximum absolute atomic E-state index is 13.0. The van der Waals surface area contributed by atoms with E-state index >= 15 is 0 Å². The molecule has 1 saturated heterocycles. The summed E-state index contributed by atoms with van der Waals surface area (Å²) in [5, 5.41) is 0.831. The molecule has 17 heavy (non-hydrogen) atoms. The molecule has 94 valence electrons. The number of hydrogen-bond acceptors (Lipinski definition) is 3. The van der Waals surface area contributed by atoms with E-state index in [2.05, 4.69) is 32.7 Å². The van der Waals surface area contributed by atoms with Gasteiger partial charge in [-0.2, -0.15) is 0 Å². The second kappa shape index (κ2) is 5.89. The van der Waals surface area contributed by atoms with Crippen LogP contribution < -0.4 is 0 Å². The molecule has 1 aromatic rings. The molecule has 2 heterocycles. The van der Waals surface area contributed by atoms with E-state index in [1.54, 1.807) is 12.3 Å². The Bertz CT molecular complexity index is 377. The zero-order valence-corrected chi connectivity index (χ0v) is 11.4. The van der Waals surface area contributed by atoms with Crippen molar-refractivity contribution in [3.63, 3.8) is 0 Å². The molecule has 0 amide bonds. The summed E-state index contributed by atoms with van der Waals surface area (Å²) in [5.74, 6) is -0.277. The third-order valence-electron chi connectivity index (χ3n) is 2.95. The number of hydrogen-bond donors (Lipinski definition) is 0. The number of nitrogens with zero attached hydrogens (tertiary/aromatic N) is 2. The average molecular weight is 303 g/mol. The lowest BCUT2D eigenvalue weighted by Crippen LogP contribution is -2.48. The normalized spacial score (nSPS) is 26.1. The van der Waals surface area contributed by atoms with Gasteiger partial charge in [0.1, 0.15) is 5.82 Å². The molecule has 1 aromatic heterocycles. The van der Waals surface area contributed by atoms with Crippen LogP contribution in [0.3, 0.4) is 0 Å². The van der Waals surface area contributed by atoms with Crippen LogP contribution in [-0.2, 0) is 11.3 Å². The number of alkyl halides is 1. The lowest BCUT2D eigenvalue weighted by Gasteiger charge is -2.37. The summed E-state index contributed by atoms with van der Waals surface area (Å²) in [6.45, 7) is 4.43. The summed E-state index contributed by atoms with van der Waals surface area (Å²) in [4.78, 5) is 6.17. The fourth-order valence-corrected chi connectivity index (χ4v) is 2.36. The Kier molecular flexibility index (Phi) is 4.48. The zero-order valence-electron chi connectivity index (χ0n) is 9.77. The molecule has 2 unspecified atom stereocenters. The monoisotopic (exact) mass is 302 g/mol. The van der Waals surface area contributed by atoms with Crippen molar-refractivity contribution in [3.8, 4) is 0 Å². The van der Waals surface area contributed by atoms with Crippen molar-refractivity contribution in [1.82, 2.24) is 9.88 Å². The van der Waals surface area contributed by atoms with Gasteiger partial charge < -0.3 is 4.74 Å². The van der Waals surface area contributed by atoms with Crippen LogP contribution in [0.25, 0.3) is 0 Å². The van der Waals surface area contributed by atoms with Crippen LogP contribution in [0.5, 0.6) is 0 Å². The third kappa shape index (κ3) is 3.47. The first-order chi connectivity index (χ1) is 8.19. The van der Waals surface area contributed by atoms with E-state index in [1.807, 2.05) is 0 Å². The maximum atomic E-state index is 13.0. The summed E-state index contributed by atoms with van der Waals surface area (Å²) in [5.41, 5.74) is 0.909. The Labute approximate surface area is 109 Å². The van der Waals surface area contributed by atoms with E-state index in [4.69, 9.17) is 4.74 Å². The first-order valence-electron chi connectivity index (χ1n) is 5.70. The molecule has 3 nitrogen and oxygen atoms in total. The number of morpholine rings is 1. The van der Waals surface area contributed by atoms with Crippen LogP contribution in [-0.4, -0.2) is 40.5 Å². The van der Waals surface area contributed by atoms with Gasteiger partial charge in [-0.05, 0) is 18.6 Å². The van der Waals surface area contributed by atoms with E-state index in [0.717, 1.165) is 30.6 Å². The molecule has 1 aliphatic rings. The molecule has 2 rings (SSSR count). The summed E-state index contributed by atoms with van der Waals surface area (Å²) < 4.78 is 18.7. The van der Waals surface area contributed by atoms with Gasteiger partial charge in [-0.25, -0.2) is 4.39 Å². The lowest BCUT2D eigenvalue weighted by molar-refractivity contribution is -0.0500. The van der Waals surface area contributed by atoms with Crippen LogP contribution in [0, 0.1) is 5.82 Å². The van der Waals surface area contributed by atoms with Crippen molar-refractivity contribution < 1.29 is 9.13 Å². The molecule has 0 aliphatic carbocycles. The summed E-state index contributed by atoms with van der Waals surface area (Å²) >= 11 is 3.43. The standard InChI is InChI=1S/C12H16BrFN2O/c1-9-8-17-12(3-13)7-16(9)6-10-2-11(14)5-15-4-10/h2,4-5,9,12H,3,6-8H2,1H3. The minimum atomic E-state index is -0.277. The molecular formula is C12H16BrFN2O. The lowest BCUT2D eigenvalue weighted by atomic mass is 10.1. The fourth-order valence-electron chi connectivity index (χ4n) is 1.97. The second-order valence-corrected chi connectivity index (χ2v) is 5.05. The van der Waals surface area contributed by atoms with Gasteiger partial charge in [0, 0.05) is 30.7 Å². The molecule has 0 saturated carbocycles. The van der Waals surface area contributed by atoms with Crippen molar-refractivity contribution in [2.75, 3.05) is 18.5 Å². The average Bonchev–Trinajstić information content (AvgIpc) is 2.32. The molecule has 0 aromatic carbocycles. The molecule has 1 aliphatic heterocycles. The summed E-state index contributed by atoms with van der Waals surface area (Å²) in [6, 6.07) is 1.90. The molecule has 5 heteroatoms. The molecule has 0 spiro atoms. The number of rotatable bonds is 3. The minimum Gasteiger partial charge on any atom is -0.374 e. The van der Waals surface area contributed by atoms with Gasteiger partial charge in [0.15, 0.2) is 0 Å². The van der Waals surface area contributed by atoms with Crippen molar-refractivity contribution in [2.45, 2.75) is 25.6 Å². The minimum absolute atomic E-state index is 0.215. The van der Waals surface area contributed by atoms with E-state index in [1.165, 1.54) is 6.20 Å². The van der Waals surface area contributed by atoms with Gasteiger partial charge >= 0.3 is 0 Å². The van der Waals surface area contributed by atoms with Gasteiger partial charge in [0.2, 0.25) is 0 Å². The van der Waals surface area contributed by atoms with Crippen LogP contribution in [0.4, 0.5) is 4.39 Å². The molecule has 0 N–H and O–H groups in total. The van der Waals surface area contributed by atoms with Crippen molar-refractivity contribution in [3.05, 3.63) is 29.8 Å². The highest BCUT2D eigenvalue weighted by Crippen LogP contribution is 2.16. The Morgan fingerprint density at radius 3 is 3.12 bits per heavy atom. The Morgan fingerprint density at radius 1 is 1.59 bits per heavy atom. The van der Waals surface area contributed by atoms with Gasteiger partial charge in [-0.1, -0.05) is 15.9 Å². The predicted octanol–water partition coefficient (Wildman–Crippen LogP) is 2.20. The number of pyridine rings is 1. The van der Waals surface area contributed by atoms with E-state index < -0.39 is 0 Å². The van der Waals surface area contributed by atoms with E-state index in [9.17, 15) is 4.39 Å². The second-order valence-electron chi connectivity index (χ2n) is 4.40. The maximum Gasteiger partial charge on any atom is 0.141 e. The van der Waals surface area contributed by atoms with Crippen LogP contribution in [0.1, 0.15) is 12.5 Å². The first-order valence-corrected chi connectivity index (χ1v) is 6.82. The zero-order chi connectivity index (χ0) is 12.3. The van der Waals surface area contributed by atoms with Gasteiger partial charge in [0.05, 0.1) is 18.9 Å². The van der Waals surface area contributed by atoms with Crippen LogP contribution in [0.15, 0.2) is 18.5 Å². The number of ether oxygens (including phenoxy) is 1. The number of aromatic nitrogens is 1. The van der Waals surface area contributed by atoms with Gasteiger partial charge in [-0.3, -0.25) is 9.88 Å². The van der Waals surface area contributed by atoms with E-state index in [0.29, 0.717) is 6.04 Å². The Hall–Kier alpha value is -0.520. The Balaban J connectivity index is 2.01. The Morgan fingerprint density at radius 2 is 2.41 bits per heavy atom. The number of halogens is 2. The first kappa shape index (κ1) is 12.9. The topological polar surface area (TPSA) is 25.4 Å². The van der Waals surface area contributed by atoms with Gasteiger partial charge in [-0.15, -0.1) is 0 Å². The van der Waals surface area contributed by atoms with Crippen LogP contribution >= 0.6 is 15.9 Å². The highest BCUT2D eigenvalue weighted by atomic mass is 79.9. The predicted molar refractivity (Wildman–Crippen MR) is 67.6 cm³/mol. The quantitative estimate of drug-likeness (QED) is 0.801. The molecule has 0 bridgehead atoms. The summed E-state index contributed by atoms with van der Waals surface area (Å²) in [7, 11) is 0. The SMILES string of the molecule is CC1COC(CBr)CN1Cc1cncc(F)c1. The third-order valence-corrected chi connectivity index (χ3v) is 3.68. The highest BCUT2D eigenvalue weighted by Gasteiger charge is 2.25. The molecule has 1 fully saturated rings. The largest absolute Gasteiger partial charge is 0.374 e. The smallest absolute Gasteiger partial charge is 0.141 e. The van der Waals surface area contributed by atoms with Crippen molar-refractivity contribution >= 4 is 15.9 Å². The van der Waals surface area contributed by atoms with Crippen molar-refractivity contribution in [2.24, 2.45) is 0 Å². The molecule has 0 radical (unpaired) electrons. The van der Waals surface area contributed by atoms with E-state index in [-0.39, 0.29) is 11.9 Å². The summed E-state index contributed by atoms with van der Waals surface area (Å²) in [6.07, 6.45) is 3.16.